The first-order valence-corrected chi connectivity index (χ1v) is 9.11. The Balaban J connectivity index is 1.44. The van der Waals surface area contributed by atoms with Crippen molar-refractivity contribution in [1.29, 1.82) is 0 Å². The van der Waals surface area contributed by atoms with Gasteiger partial charge in [-0.2, -0.15) is 0 Å². The number of amides is 1. The predicted octanol–water partition coefficient (Wildman–Crippen LogP) is 2.86. The average molecular weight is 312 g/mol. The second-order valence-electron chi connectivity index (χ2n) is 8.46. The molecule has 0 aromatic heterocycles. The Hall–Kier alpha value is -1.35. The summed E-state index contributed by atoms with van der Waals surface area (Å²) in [4.78, 5) is 12.6. The van der Waals surface area contributed by atoms with E-state index in [-0.39, 0.29) is 11.8 Å². The third-order valence-corrected chi connectivity index (χ3v) is 6.51. The quantitative estimate of drug-likeness (QED) is 0.878. The van der Waals surface area contributed by atoms with Crippen molar-refractivity contribution in [3.05, 3.63) is 35.9 Å². The molecule has 1 saturated heterocycles. The number of carbonyl (C=O) groups is 1. The maximum Gasteiger partial charge on any atom is 0.224 e. The Morgan fingerprint density at radius 2 is 1.91 bits per heavy atom. The van der Waals surface area contributed by atoms with E-state index in [4.69, 9.17) is 0 Å². The first kappa shape index (κ1) is 15.2. The van der Waals surface area contributed by atoms with Crippen LogP contribution in [0.3, 0.4) is 0 Å². The first-order chi connectivity index (χ1) is 11.0. The van der Waals surface area contributed by atoms with E-state index in [1.807, 2.05) is 0 Å². The summed E-state index contributed by atoms with van der Waals surface area (Å²) in [6, 6.07) is 11.3. The zero-order valence-corrected chi connectivity index (χ0v) is 14.3. The van der Waals surface area contributed by atoms with Gasteiger partial charge in [0.15, 0.2) is 0 Å². The Morgan fingerprint density at radius 1 is 1.22 bits per heavy atom. The van der Waals surface area contributed by atoms with E-state index in [1.54, 1.807) is 0 Å². The maximum atomic E-state index is 12.6. The first-order valence-electron chi connectivity index (χ1n) is 9.11. The molecule has 2 unspecified atom stereocenters. The second kappa shape index (κ2) is 5.34. The Labute approximate surface area is 139 Å². The highest BCUT2D eigenvalue weighted by molar-refractivity contribution is 5.79. The van der Waals surface area contributed by atoms with Crippen LogP contribution in [0.15, 0.2) is 30.3 Å². The van der Waals surface area contributed by atoms with Gasteiger partial charge in [0.1, 0.15) is 0 Å². The van der Waals surface area contributed by atoms with Gasteiger partial charge < -0.3 is 10.6 Å². The molecular formula is C20H28N2O. The fourth-order valence-electron chi connectivity index (χ4n) is 5.47. The Morgan fingerprint density at radius 3 is 2.48 bits per heavy atom. The minimum atomic E-state index is 0.173. The fraction of sp³-hybridized carbons (Fsp3) is 0.650. The van der Waals surface area contributed by atoms with E-state index in [0.29, 0.717) is 22.8 Å². The minimum absolute atomic E-state index is 0.173. The lowest BCUT2D eigenvalue weighted by atomic mass is 9.31. The molecule has 5 rings (SSSR count). The second-order valence-corrected chi connectivity index (χ2v) is 8.46. The molecule has 3 nitrogen and oxygen atoms in total. The molecule has 2 bridgehead atoms. The van der Waals surface area contributed by atoms with E-state index < -0.39 is 0 Å². The van der Waals surface area contributed by atoms with Gasteiger partial charge in [0.2, 0.25) is 5.91 Å². The molecule has 3 saturated carbocycles. The summed E-state index contributed by atoms with van der Waals surface area (Å²) < 4.78 is 0. The van der Waals surface area contributed by atoms with E-state index in [1.165, 1.54) is 24.8 Å². The monoisotopic (exact) mass is 312 g/mol. The van der Waals surface area contributed by atoms with Gasteiger partial charge in [0.05, 0.1) is 5.92 Å². The average Bonchev–Trinajstić information content (AvgIpc) is 2.98. The molecule has 1 aromatic carbocycles. The van der Waals surface area contributed by atoms with E-state index in [9.17, 15) is 4.79 Å². The van der Waals surface area contributed by atoms with Crippen LogP contribution in [-0.4, -0.2) is 25.0 Å². The van der Waals surface area contributed by atoms with Crippen molar-refractivity contribution >= 4 is 5.91 Å². The molecule has 4 aliphatic rings. The van der Waals surface area contributed by atoms with Crippen molar-refractivity contribution in [3.8, 4) is 0 Å². The standard InChI is InChI=1S/C20H28N2O/c1-14(2)17(22-18(23)15-8-9-21-10-15)20-11-19(12-20,13-20)16-6-4-3-5-7-16/h3-7,14-15,17,21H,8-13H2,1-2H3,(H,22,23). The van der Waals surface area contributed by atoms with Crippen LogP contribution in [-0.2, 0) is 10.2 Å². The fourth-order valence-corrected chi connectivity index (χ4v) is 5.47. The normalized spacial score (nSPS) is 36.2. The molecule has 1 amide bonds. The van der Waals surface area contributed by atoms with Crippen molar-refractivity contribution in [3.63, 3.8) is 0 Å². The molecule has 3 heteroatoms. The lowest BCUT2D eigenvalue weighted by Gasteiger charge is -2.74. The van der Waals surface area contributed by atoms with E-state index >= 15 is 0 Å². The lowest BCUT2D eigenvalue weighted by Crippen LogP contribution is -2.73. The summed E-state index contributed by atoms with van der Waals surface area (Å²) in [5.41, 5.74) is 2.26. The van der Waals surface area contributed by atoms with Gasteiger partial charge in [0.25, 0.3) is 0 Å². The summed E-state index contributed by atoms with van der Waals surface area (Å²) >= 11 is 0. The van der Waals surface area contributed by atoms with Crippen LogP contribution in [0, 0.1) is 17.3 Å². The molecular weight excluding hydrogens is 284 g/mol. The number of nitrogens with one attached hydrogen (secondary N) is 2. The number of benzene rings is 1. The van der Waals surface area contributed by atoms with Gasteiger partial charge in [-0.25, -0.2) is 0 Å². The number of hydrogen-bond acceptors (Lipinski definition) is 2. The molecule has 3 aliphatic carbocycles. The summed E-state index contributed by atoms with van der Waals surface area (Å²) in [5, 5.41) is 6.73. The number of hydrogen-bond donors (Lipinski definition) is 2. The van der Waals surface area contributed by atoms with Gasteiger partial charge in [-0.3, -0.25) is 4.79 Å². The van der Waals surface area contributed by atoms with E-state index in [2.05, 4.69) is 54.8 Å². The molecule has 0 spiro atoms. The Kier molecular flexibility index (Phi) is 3.53. The molecule has 1 aromatic rings. The molecule has 124 valence electrons. The summed E-state index contributed by atoms with van der Waals surface area (Å²) in [6.07, 6.45) is 4.72. The van der Waals surface area contributed by atoms with Crippen molar-refractivity contribution in [2.24, 2.45) is 17.3 Å². The summed E-state index contributed by atoms with van der Waals surface area (Å²) in [7, 11) is 0. The van der Waals surface area contributed by atoms with Crippen LogP contribution in [0.1, 0.15) is 45.1 Å². The number of carbonyl (C=O) groups excluding carboxylic acids is 1. The van der Waals surface area contributed by atoms with Crippen molar-refractivity contribution in [2.75, 3.05) is 13.1 Å². The van der Waals surface area contributed by atoms with Crippen molar-refractivity contribution in [1.82, 2.24) is 10.6 Å². The minimum Gasteiger partial charge on any atom is -0.352 e. The molecule has 4 fully saturated rings. The van der Waals surface area contributed by atoms with Gasteiger partial charge in [0, 0.05) is 12.6 Å². The molecule has 0 radical (unpaired) electrons. The molecule has 23 heavy (non-hydrogen) atoms. The third-order valence-electron chi connectivity index (χ3n) is 6.51. The molecule has 1 heterocycles. The SMILES string of the molecule is CC(C)C(NC(=O)C1CCNC1)C12CC(c3ccccc3)(C1)C2. The van der Waals surface area contributed by atoms with Gasteiger partial charge in [-0.1, -0.05) is 44.2 Å². The van der Waals surface area contributed by atoms with Crippen LogP contribution < -0.4 is 10.6 Å². The zero-order valence-electron chi connectivity index (χ0n) is 14.3. The highest BCUT2D eigenvalue weighted by Crippen LogP contribution is 2.75. The maximum absolute atomic E-state index is 12.6. The lowest BCUT2D eigenvalue weighted by molar-refractivity contribution is -0.176. The van der Waals surface area contributed by atoms with Crippen LogP contribution in [0.2, 0.25) is 0 Å². The van der Waals surface area contributed by atoms with Crippen molar-refractivity contribution < 1.29 is 4.79 Å². The predicted molar refractivity (Wildman–Crippen MR) is 92.1 cm³/mol. The largest absolute Gasteiger partial charge is 0.352 e. The van der Waals surface area contributed by atoms with Crippen molar-refractivity contribution in [2.45, 2.75) is 51.0 Å². The summed E-state index contributed by atoms with van der Waals surface area (Å²) in [5.74, 6) is 0.946. The highest BCUT2D eigenvalue weighted by Gasteiger charge is 2.71. The molecule has 2 N–H and O–H groups in total. The molecule has 2 atom stereocenters. The highest BCUT2D eigenvalue weighted by atomic mass is 16.2. The zero-order chi connectivity index (χ0) is 16.1. The smallest absolute Gasteiger partial charge is 0.224 e. The Bertz CT molecular complexity index is 569. The van der Waals surface area contributed by atoms with E-state index in [0.717, 1.165) is 19.5 Å². The van der Waals surface area contributed by atoms with Crippen LogP contribution in [0.5, 0.6) is 0 Å². The van der Waals surface area contributed by atoms with Crippen LogP contribution in [0.25, 0.3) is 0 Å². The molecule has 1 aliphatic heterocycles. The van der Waals surface area contributed by atoms with Gasteiger partial charge in [-0.15, -0.1) is 0 Å². The third kappa shape index (κ3) is 2.32. The van der Waals surface area contributed by atoms with Crippen LogP contribution in [0.4, 0.5) is 0 Å². The van der Waals surface area contributed by atoms with Crippen LogP contribution >= 0.6 is 0 Å². The van der Waals surface area contributed by atoms with Gasteiger partial charge in [-0.05, 0) is 54.5 Å². The number of rotatable bonds is 5. The van der Waals surface area contributed by atoms with Gasteiger partial charge >= 0.3 is 0 Å². The summed E-state index contributed by atoms with van der Waals surface area (Å²) in [6.45, 7) is 6.34. The topological polar surface area (TPSA) is 41.1 Å².